The number of hydrogen-bond donors (Lipinski definition) is 0. The maximum Gasteiger partial charge on any atom is 0.179 e. The van der Waals surface area contributed by atoms with Gasteiger partial charge in [-0.1, -0.05) is 0 Å². The van der Waals surface area contributed by atoms with Gasteiger partial charge in [-0.25, -0.2) is 4.39 Å². The van der Waals surface area contributed by atoms with Crippen LogP contribution < -0.4 is 0 Å². The third-order valence-corrected chi connectivity index (χ3v) is 1.23. The zero-order chi connectivity index (χ0) is 7.98. The average Bonchev–Trinajstić information content (AvgIpc) is 1.99. The molecule has 0 aromatic carbocycles. The Bertz CT molecular complexity index is 130. The van der Waals surface area contributed by atoms with Gasteiger partial charge in [0.1, 0.15) is 0 Å². The molecule has 3 heteroatoms. The summed E-state index contributed by atoms with van der Waals surface area (Å²) in [6.07, 6.45) is 1.42. The van der Waals surface area contributed by atoms with Crippen LogP contribution in [-0.2, 0) is 4.79 Å². The lowest BCUT2D eigenvalue weighted by Crippen LogP contribution is -2.15. The van der Waals surface area contributed by atoms with Crippen LogP contribution in [0, 0.1) is 0 Å². The molecule has 0 aromatic heterocycles. The molecule has 0 amide bonds. The highest BCUT2D eigenvalue weighted by Gasteiger charge is 1.94. The van der Waals surface area contributed by atoms with E-state index in [2.05, 4.69) is 0 Å². The van der Waals surface area contributed by atoms with E-state index in [-0.39, 0.29) is 6.29 Å². The summed E-state index contributed by atoms with van der Waals surface area (Å²) < 4.78 is 12.2. The Hall–Kier alpha value is -0.860. The van der Waals surface area contributed by atoms with E-state index in [1.54, 1.807) is 4.90 Å². The predicted molar refractivity (Wildman–Crippen MR) is 38.2 cm³/mol. The molecule has 0 N–H and O–H groups in total. The average molecular weight is 145 g/mol. The smallest absolute Gasteiger partial charge is 0.179 e. The first-order valence-corrected chi connectivity index (χ1v) is 3.31. The Morgan fingerprint density at radius 2 is 2.00 bits per heavy atom. The summed E-state index contributed by atoms with van der Waals surface area (Å²) in [4.78, 5) is 11.5. The second-order valence-corrected chi connectivity index (χ2v) is 1.85. The lowest BCUT2D eigenvalue weighted by atomic mass is 10.5. The Balaban J connectivity index is 3.92. The van der Waals surface area contributed by atoms with E-state index in [0.717, 1.165) is 13.1 Å². The van der Waals surface area contributed by atoms with E-state index in [9.17, 15) is 9.18 Å². The van der Waals surface area contributed by atoms with Gasteiger partial charge in [0.2, 0.25) is 0 Å². The van der Waals surface area contributed by atoms with Gasteiger partial charge in [-0.2, -0.15) is 0 Å². The molecule has 0 heterocycles. The molecule has 0 saturated carbocycles. The minimum Gasteiger partial charge on any atom is -0.375 e. The maximum absolute atomic E-state index is 12.2. The van der Waals surface area contributed by atoms with Gasteiger partial charge in [0.15, 0.2) is 12.1 Å². The summed E-state index contributed by atoms with van der Waals surface area (Å²) in [7, 11) is 0. The van der Waals surface area contributed by atoms with Crippen molar-refractivity contribution >= 4 is 6.29 Å². The van der Waals surface area contributed by atoms with Crippen molar-refractivity contribution in [3.8, 4) is 0 Å². The topological polar surface area (TPSA) is 20.3 Å². The summed E-state index contributed by atoms with van der Waals surface area (Å²) in [5.41, 5.74) is 0. The molecule has 10 heavy (non-hydrogen) atoms. The molecule has 0 rings (SSSR count). The van der Waals surface area contributed by atoms with Crippen molar-refractivity contribution in [3.63, 3.8) is 0 Å². The molecule has 58 valence electrons. The number of rotatable bonds is 4. The van der Waals surface area contributed by atoms with Crippen molar-refractivity contribution < 1.29 is 9.18 Å². The molecule has 0 aliphatic carbocycles. The van der Waals surface area contributed by atoms with Crippen molar-refractivity contribution in [2.75, 3.05) is 13.1 Å². The lowest BCUT2D eigenvalue weighted by molar-refractivity contribution is -0.106. The highest BCUT2D eigenvalue weighted by molar-refractivity contribution is 5.69. The highest BCUT2D eigenvalue weighted by atomic mass is 19.1. The Morgan fingerprint density at radius 1 is 1.50 bits per heavy atom. The SMILES string of the molecule is CCN(/C=C(/F)C=O)CC. The minimum absolute atomic E-state index is 0.207. The van der Waals surface area contributed by atoms with Crippen molar-refractivity contribution in [1.82, 2.24) is 4.90 Å². The molecule has 0 saturated heterocycles. The molecular formula is C7H12FNO. The quantitative estimate of drug-likeness (QED) is 0.439. The Kier molecular flexibility index (Phi) is 4.54. The molecule has 0 aromatic rings. The molecule has 0 atom stereocenters. The van der Waals surface area contributed by atoms with E-state index in [1.807, 2.05) is 13.8 Å². The summed E-state index contributed by atoms with van der Waals surface area (Å²) in [6.45, 7) is 5.24. The first kappa shape index (κ1) is 9.14. The summed E-state index contributed by atoms with van der Waals surface area (Å²) in [6, 6.07) is 0. The zero-order valence-electron chi connectivity index (χ0n) is 6.30. The van der Waals surface area contributed by atoms with Crippen molar-refractivity contribution in [2.45, 2.75) is 13.8 Å². The van der Waals surface area contributed by atoms with Crippen LogP contribution in [0.3, 0.4) is 0 Å². The van der Waals surface area contributed by atoms with Gasteiger partial charge >= 0.3 is 0 Å². The van der Waals surface area contributed by atoms with Crippen LogP contribution >= 0.6 is 0 Å². The van der Waals surface area contributed by atoms with E-state index >= 15 is 0 Å². The minimum atomic E-state index is -0.719. The van der Waals surface area contributed by atoms with Gasteiger partial charge in [-0.3, -0.25) is 4.79 Å². The van der Waals surface area contributed by atoms with Gasteiger partial charge in [-0.15, -0.1) is 0 Å². The van der Waals surface area contributed by atoms with E-state index < -0.39 is 5.83 Å². The zero-order valence-corrected chi connectivity index (χ0v) is 6.30. The Labute approximate surface area is 60.3 Å². The van der Waals surface area contributed by atoms with E-state index in [0.29, 0.717) is 0 Å². The molecule has 0 spiro atoms. The standard InChI is InChI=1S/C7H12FNO/c1-3-9(4-2)5-7(8)6-10/h5-6H,3-4H2,1-2H3/b7-5+. The summed E-state index contributed by atoms with van der Waals surface area (Å²) >= 11 is 0. The summed E-state index contributed by atoms with van der Waals surface area (Å²) in [5.74, 6) is -0.719. The maximum atomic E-state index is 12.2. The van der Waals surface area contributed by atoms with Crippen LogP contribution in [0.4, 0.5) is 4.39 Å². The van der Waals surface area contributed by atoms with Crippen molar-refractivity contribution in [3.05, 3.63) is 12.0 Å². The third kappa shape index (κ3) is 3.22. The Morgan fingerprint density at radius 3 is 2.30 bits per heavy atom. The monoisotopic (exact) mass is 145 g/mol. The lowest BCUT2D eigenvalue weighted by Gasteiger charge is -2.13. The molecule has 0 aliphatic rings. The number of hydrogen-bond acceptors (Lipinski definition) is 2. The first-order valence-electron chi connectivity index (χ1n) is 3.31. The van der Waals surface area contributed by atoms with Crippen molar-refractivity contribution in [2.24, 2.45) is 0 Å². The highest BCUT2D eigenvalue weighted by Crippen LogP contribution is 1.95. The molecule has 0 bridgehead atoms. The number of halogens is 1. The number of aldehydes is 1. The fraction of sp³-hybridized carbons (Fsp3) is 0.571. The van der Waals surface area contributed by atoms with Crippen LogP contribution in [0.5, 0.6) is 0 Å². The van der Waals surface area contributed by atoms with Crippen LogP contribution in [0.25, 0.3) is 0 Å². The van der Waals surface area contributed by atoms with Gasteiger partial charge < -0.3 is 4.90 Å². The second-order valence-electron chi connectivity index (χ2n) is 1.85. The van der Waals surface area contributed by atoms with Crippen LogP contribution in [0.15, 0.2) is 12.0 Å². The predicted octanol–water partition coefficient (Wildman–Crippen LogP) is 1.34. The fourth-order valence-corrected chi connectivity index (χ4v) is 0.611. The van der Waals surface area contributed by atoms with E-state index in [4.69, 9.17) is 0 Å². The number of allylic oxidation sites excluding steroid dienone is 1. The van der Waals surface area contributed by atoms with Crippen LogP contribution in [0.2, 0.25) is 0 Å². The van der Waals surface area contributed by atoms with Crippen molar-refractivity contribution in [1.29, 1.82) is 0 Å². The largest absolute Gasteiger partial charge is 0.375 e. The van der Waals surface area contributed by atoms with Crippen LogP contribution in [0.1, 0.15) is 13.8 Å². The molecular weight excluding hydrogens is 133 g/mol. The summed E-state index contributed by atoms with van der Waals surface area (Å²) in [5, 5.41) is 0. The van der Waals surface area contributed by atoms with Gasteiger partial charge in [-0.05, 0) is 13.8 Å². The molecule has 0 aliphatic heterocycles. The molecule has 0 radical (unpaired) electrons. The number of nitrogens with zero attached hydrogens (tertiary/aromatic N) is 1. The first-order chi connectivity index (χ1) is 4.74. The third-order valence-electron chi connectivity index (χ3n) is 1.23. The van der Waals surface area contributed by atoms with Gasteiger partial charge in [0, 0.05) is 19.3 Å². The van der Waals surface area contributed by atoms with Crippen LogP contribution in [-0.4, -0.2) is 24.3 Å². The van der Waals surface area contributed by atoms with Gasteiger partial charge in [0.05, 0.1) is 0 Å². The number of carbonyl (C=O) groups is 1. The fourth-order valence-electron chi connectivity index (χ4n) is 0.611. The number of carbonyl (C=O) groups excluding carboxylic acids is 1. The molecule has 2 nitrogen and oxygen atoms in total. The second kappa shape index (κ2) is 4.97. The normalized spacial score (nSPS) is 11.3. The molecule has 0 unspecified atom stereocenters. The van der Waals surface area contributed by atoms with E-state index in [1.165, 1.54) is 6.20 Å². The molecule has 0 fully saturated rings. The van der Waals surface area contributed by atoms with Gasteiger partial charge in [0.25, 0.3) is 0 Å².